The first-order valence-electron chi connectivity index (χ1n) is 7.36. The van der Waals surface area contributed by atoms with Gasteiger partial charge < -0.3 is 20.5 Å². The largest absolute Gasteiger partial charge is 0.497 e. The maximum Gasteiger partial charge on any atom is 0.228 e. The molecule has 3 N–H and O–H groups in total. The average Bonchev–Trinajstić information content (AvgIpc) is 2.47. The molecule has 1 aromatic carbocycles. The maximum atomic E-state index is 12.1. The molecule has 6 heteroatoms. The third-order valence-corrected chi connectivity index (χ3v) is 3.40. The summed E-state index contributed by atoms with van der Waals surface area (Å²) < 4.78 is 10.9. The zero-order chi connectivity index (χ0) is 15.8. The highest BCUT2D eigenvalue weighted by molar-refractivity contribution is 5.94. The molecule has 1 rings (SSSR count). The molecular formula is C16H27ClN2O3. The van der Waals surface area contributed by atoms with Crippen LogP contribution >= 0.6 is 12.4 Å². The third-order valence-electron chi connectivity index (χ3n) is 3.40. The van der Waals surface area contributed by atoms with Crippen LogP contribution in [0.1, 0.15) is 33.6 Å². The predicted octanol–water partition coefficient (Wildman–Crippen LogP) is 3.22. The number of ether oxygens (including phenoxy) is 2. The molecule has 0 aromatic heterocycles. The van der Waals surface area contributed by atoms with Crippen molar-refractivity contribution in [1.82, 2.24) is 0 Å². The van der Waals surface area contributed by atoms with Crippen molar-refractivity contribution >= 4 is 24.0 Å². The summed E-state index contributed by atoms with van der Waals surface area (Å²) in [7, 11) is 1.59. The number of amides is 1. The molecule has 0 saturated heterocycles. The summed E-state index contributed by atoms with van der Waals surface area (Å²) in [5, 5.41) is 2.87. The van der Waals surface area contributed by atoms with Crippen LogP contribution < -0.4 is 20.5 Å². The van der Waals surface area contributed by atoms with Gasteiger partial charge in [0.25, 0.3) is 0 Å². The molecule has 0 aliphatic rings. The summed E-state index contributed by atoms with van der Waals surface area (Å²) in [5.41, 5.74) is 6.38. The van der Waals surface area contributed by atoms with E-state index in [1.165, 1.54) is 0 Å². The Kier molecular flexibility index (Phi) is 9.61. The van der Waals surface area contributed by atoms with E-state index in [4.69, 9.17) is 15.2 Å². The van der Waals surface area contributed by atoms with Crippen molar-refractivity contribution in [1.29, 1.82) is 0 Å². The van der Waals surface area contributed by atoms with E-state index in [1.807, 2.05) is 13.0 Å². The van der Waals surface area contributed by atoms with Crippen LogP contribution in [0.2, 0.25) is 0 Å². The Balaban J connectivity index is 0.00000441. The molecule has 0 saturated carbocycles. The Labute approximate surface area is 139 Å². The molecule has 22 heavy (non-hydrogen) atoms. The van der Waals surface area contributed by atoms with Crippen molar-refractivity contribution in [3.8, 4) is 11.5 Å². The summed E-state index contributed by atoms with van der Waals surface area (Å²) in [4.78, 5) is 12.1. The summed E-state index contributed by atoms with van der Waals surface area (Å²) in [6.45, 7) is 6.34. The van der Waals surface area contributed by atoms with Crippen molar-refractivity contribution < 1.29 is 14.3 Å². The summed E-state index contributed by atoms with van der Waals surface area (Å²) in [5.74, 6) is 0.911. The van der Waals surface area contributed by atoms with Gasteiger partial charge in [-0.05, 0) is 25.5 Å². The number of halogens is 1. The molecule has 2 atom stereocenters. The first-order valence-corrected chi connectivity index (χ1v) is 7.36. The van der Waals surface area contributed by atoms with Crippen molar-refractivity contribution in [2.24, 2.45) is 11.7 Å². The Morgan fingerprint density at radius 3 is 2.59 bits per heavy atom. The zero-order valence-electron chi connectivity index (χ0n) is 13.7. The number of unbranched alkanes of at least 4 members (excludes halogenated alkanes) is 1. The zero-order valence-corrected chi connectivity index (χ0v) is 14.5. The van der Waals surface area contributed by atoms with Crippen molar-refractivity contribution in [2.45, 2.75) is 39.7 Å². The second kappa shape index (κ2) is 10.3. The maximum absolute atomic E-state index is 12.1. The SMILES string of the molecule is CCCCOc1ccc(OC)cc1NC(=O)C(C)C(C)N.Cl. The second-order valence-corrected chi connectivity index (χ2v) is 5.20. The Morgan fingerprint density at radius 2 is 2.05 bits per heavy atom. The molecule has 1 aromatic rings. The van der Waals surface area contributed by atoms with E-state index in [-0.39, 0.29) is 30.3 Å². The highest BCUT2D eigenvalue weighted by Gasteiger charge is 2.19. The molecule has 5 nitrogen and oxygen atoms in total. The van der Waals surface area contributed by atoms with Crippen molar-refractivity contribution in [3.63, 3.8) is 0 Å². The molecular weight excluding hydrogens is 304 g/mol. The van der Waals surface area contributed by atoms with Crippen LogP contribution in [-0.2, 0) is 4.79 Å². The number of benzene rings is 1. The fourth-order valence-corrected chi connectivity index (χ4v) is 1.67. The summed E-state index contributed by atoms with van der Waals surface area (Å²) in [6.07, 6.45) is 2.02. The first-order chi connectivity index (χ1) is 9.99. The minimum atomic E-state index is -0.278. The van der Waals surface area contributed by atoms with Gasteiger partial charge in [-0.25, -0.2) is 0 Å². The van der Waals surface area contributed by atoms with E-state index in [0.29, 0.717) is 23.8 Å². The lowest BCUT2D eigenvalue weighted by molar-refractivity contribution is -0.119. The van der Waals surface area contributed by atoms with Crippen LogP contribution in [-0.4, -0.2) is 25.7 Å². The van der Waals surface area contributed by atoms with Crippen LogP contribution in [0.15, 0.2) is 18.2 Å². The van der Waals surface area contributed by atoms with E-state index >= 15 is 0 Å². The van der Waals surface area contributed by atoms with Gasteiger partial charge in [0, 0.05) is 12.1 Å². The topological polar surface area (TPSA) is 73.6 Å². The Morgan fingerprint density at radius 1 is 1.36 bits per heavy atom. The van der Waals surface area contributed by atoms with E-state index < -0.39 is 0 Å². The number of carbonyl (C=O) groups excluding carboxylic acids is 1. The van der Waals surface area contributed by atoms with Gasteiger partial charge in [0.1, 0.15) is 11.5 Å². The van der Waals surface area contributed by atoms with Crippen molar-refractivity contribution in [3.05, 3.63) is 18.2 Å². The number of anilines is 1. The number of hydrogen-bond donors (Lipinski definition) is 2. The van der Waals surface area contributed by atoms with Gasteiger partial charge in [-0.1, -0.05) is 20.3 Å². The van der Waals surface area contributed by atoms with Gasteiger partial charge in [-0.3, -0.25) is 4.79 Å². The summed E-state index contributed by atoms with van der Waals surface area (Å²) in [6, 6.07) is 5.17. The normalized spacial score (nSPS) is 12.8. The smallest absolute Gasteiger partial charge is 0.228 e. The lowest BCUT2D eigenvalue weighted by Gasteiger charge is -2.18. The second-order valence-electron chi connectivity index (χ2n) is 5.20. The minimum absolute atomic E-state index is 0. The van der Waals surface area contributed by atoms with Crippen LogP contribution in [0.4, 0.5) is 5.69 Å². The highest BCUT2D eigenvalue weighted by atomic mass is 35.5. The number of carbonyl (C=O) groups is 1. The molecule has 0 radical (unpaired) electrons. The Bertz CT molecular complexity index is 467. The van der Waals surface area contributed by atoms with Gasteiger partial charge in [-0.15, -0.1) is 12.4 Å². The van der Waals surface area contributed by atoms with Crippen molar-refractivity contribution in [2.75, 3.05) is 19.0 Å². The molecule has 126 valence electrons. The third kappa shape index (κ3) is 6.12. The van der Waals surface area contributed by atoms with Crippen LogP contribution in [0, 0.1) is 5.92 Å². The number of rotatable bonds is 8. The van der Waals surface area contributed by atoms with Gasteiger partial charge in [0.15, 0.2) is 0 Å². The predicted molar refractivity (Wildman–Crippen MR) is 92.1 cm³/mol. The van der Waals surface area contributed by atoms with Gasteiger partial charge in [-0.2, -0.15) is 0 Å². The molecule has 0 aliphatic carbocycles. The fraction of sp³-hybridized carbons (Fsp3) is 0.562. The van der Waals surface area contributed by atoms with Gasteiger partial charge in [0.2, 0.25) is 5.91 Å². The molecule has 2 unspecified atom stereocenters. The molecule has 0 fully saturated rings. The highest BCUT2D eigenvalue weighted by Crippen LogP contribution is 2.30. The quantitative estimate of drug-likeness (QED) is 0.718. The molecule has 0 spiro atoms. The van der Waals surface area contributed by atoms with Gasteiger partial charge in [0.05, 0.1) is 25.3 Å². The number of nitrogens with one attached hydrogen (secondary N) is 1. The van der Waals surface area contributed by atoms with Crippen LogP contribution in [0.3, 0.4) is 0 Å². The lowest BCUT2D eigenvalue weighted by Crippen LogP contribution is -2.34. The first kappa shape index (κ1) is 20.5. The number of hydrogen-bond acceptors (Lipinski definition) is 4. The number of nitrogens with two attached hydrogens (primary N) is 1. The lowest BCUT2D eigenvalue weighted by atomic mass is 10.0. The molecule has 0 aliphatic heterocycles. The molecule has 0 heterocycles. The average molecular weight is 331 g/mol. The van der Waals surface area contributed by atoms with E-state index in [2.05, 4.69) is 12.2 Å². The minimum Gasteiger partial charge on any atom is -0.497 e. The van der Waals surface area contributed by atoms with Gasteiger partial charge >= 0.3 is 0 Å². The molecule has 0 bridgehead atoms. The number of methoxy groups -OCH3 is 1. The molecule has 1 amide bonds. The van der Waals surface area contributed by atoms with Crippen LogP contribution in [0.5, 0.6) is 11.5 Å². The monoisotopic (exact) mass is 330 g/mol. The fourth-order valence-electron chi connectivity index (χ4n) is 1.67. The van der Waals surface area contributed by atoms with E-state index in [9.17, 15) is 4.79 Å². The summed E-state index contributed by atoms with van der Waals surface area (Å²) >= 11 is 0. The van der Waals surface area contributed by atoms with E-state index in [1.54, 1.807) is 26.2 Å². The van der Waals surface area contributed by atoms with Crippen LogP contribution in [0.25, 0.3) is 0 Å². The standard InChI is InChI=1S/C16H26N2O3.ClH/c1-5-6-9-21-15-8-7-13(20-4)10-14(15)18-16(19)11(2)12(3)17;/h7-8,10-12H,5-6,9,17H2,1-4H3,(H,18,19);1H. The Hall–Kier alpha value is -1.46. The van der Waals surface area contributed by atoms with E-state index in [0.717, 1.165) is 12.8 Å².